The lowest BCUT2D eigenvalue weighted by Gasteiger charge is -2.04. The number of aromatic nitrogens is 2. The van der Waals surface area contributed by atoms with Crippen LogP contribution in [0.1, 0.15) is 15.2 Å². The van der Waals surface area contributed by atoms with E-state index in [2.05, 4.69) is 15.3 Å². The summed E-state index contributed by atoms with van der Waals surface area (Å²) < 4.78 is 0. The molecule has 0 atom stereocenters. The second-order valence-corrected chi connectivity index (χ2v) is 4.60. The Balaban J connectivity index is 2.28. The van der Waals surface area contributed by atoms with Crippen molar-refractivity contribution in [1.29, 1.82) is 0 Å². The molecule has 0 fully saturated rings. The smallest absolute Gasteiger partial charge is 0.337 e. The highest BCUT2D eigenvalue weighted by Crippen LogP contribution is 2.22. The molecule has 88 valence electrons. The predicted octanol–water partition coefficient (Wildman–Crippen LogP) is 1.87. The van der Waals surface area contributed by atoms with Gasteiger partial charge in [-0.1, -0.05) is 0 Å². The van der Waals surface area contributed by atoms with Crippen molar-refractivity contribution in [2.24, 2.45) is 0 Å². The number of nitrogens with one attached hydrogen (secondary N) is 1. The van der Waals surface area contributed by atoms with Crippen molar-refractivity contribution in [2.75, 3.05) is 11.1 Å². The molecule has 4 N–H and O–H groups in total. The zero-order valence-electron chi connectivity index (χ0n) is 8.97. The molecule has 7 heteroatoms. The van der Waals surface area contributed by atoms with E-state index in [4.69, 9.17) is 10.8 Å². The highest BCUT2D eigenvalue weighted by Gasteiger charge is 2.10. The van der Waals surface area contributed by atoms with Crippen LogP contribution in [-0.4, -0.2) is 21.0 Å². The van der Waals surface area contributed by atoms with Crippen LogP contribution >= 0.6 is 11.3 Å². The van der Waals surface area contributed by atoms with Gasteiger partial charge in [0.05, 0.1) is 17.4 Å². The second-order valence-electron chi connectivity index (χ2n) is 3.36. The molecule has 2 aromatic rings. The van der Waals surface area contributed by atoms with Crippen molar-refractivity contribution in [3.8, 4) is 0 Å². The number of hydrogen-bond donors (Lipinski definition) is 3. The quantitative estimate of drug-likeness (QED) is 0.768. The van der Waals surface area contributed by atoms with Gasteiger partial charge >= 0.3 is 5.97 Å². The first kappa shape index (κ1) is 11.3. The number of rotatable bonds is 3. The molecule has 6 nitrogen and oxygen atoms in total. The molecular weight excluding hydrogens is 240 g/mol. The number of carboxylic acids is 1. The average molecular weight is 250 g/mol. The van der Waals surface area contributed by atoms with Crippen LogP contribution in [0, 0.1) is 6.92 Å². The van der Waals surface area contributed by atoms with Crippen LogP contribution in [0.15, 0.2) is 18.5 Å². The summed E-state index contributed by atoms with van der Waals surface area (Å²) >= 11 is 1.46. The maximum atomic E-state index is 10.9. The third-order valence-corrected chi connectivity index (χ3v) is 2.85. The maximum absolute atomic E-state index is 10.9. The predicted molar refractivity (Wildman–Crippen MR) is 65.7 cm³/mol. The number of pyridine rings is 1. The van der Waals surface area contributed by atoms with Gasteiger partial charge in [0, 0.05) is 11.1 Å². The molecule has 0 unspecified atom stereocenters. The van der Waals surface area contributed by atoms with E-state index in [1.807, 2.05) is 6.92 Å². The van der Waals surface area contributed by atoms with E-state index in [0.717, 1.165) is 4.88 Å². The van der Waals surface area contributed by atoms with Crippen LogP contribution in [0.3, 0.4) is 0 Å². The molecule has 0 saturated heterocycles. The Morgan fingerprint density at radius 3 is 2.82 bits per heavy atom. The van der Waals surface area contributed by atoms with Gasteiger partial charge in [-0.2, -0.15) is 0 Å². The summed E-state index contributed by atoms with van der Waals surface area (Å²) in [7, 11) is 0. The van der Waals surface area contributed by atoms with E-state index in [1.54, 1.807) is 6.20 Å². The summed E-state index contributed by atoms with van der Waals surface area (Å²) in [5, 5.41) is 12.5. The number of nitrogens with zero attached hydrogens (tertiary/aromatic N) is 2. The van der Waals surface area contributed by atoms with Gasteiger partial charge in [-0.25, -0.2) is 14.8 Å². The molecule has 0 aliphatic carbocycles. The largest absolute Gasteiger partial charge is 0.478 e. The molecule has 17 heavy (non-hydrogen) atoms. The van der Waals surface area contributed by atoms with Crippen LogP contribution in [0.5, 0.6) is 0 Å². The molecule has 2 rings (SSSR count). The Bertz CT molecular complexity index is 567. The second kappa shape index (κ2) is 4.38. The van der Waals surface area contributed by atoms with Gasteiger partial charge in [-0.3, -0.25) is 0 Å². The van der Waals surface area contributed by atoms with Crippen LogP contribution in [-0.2, 0) is 0 Å². The fraction of sp³-hybridized carbons (Fsp3) is 0.100. The molecule has 2 aromatic heterocycles. The van der Waals surface area contributed by atoms with E-state index in [-0.39, 0.29) is 11.3 Å². The third kappa shape index (κ3) is 2.51. The number of aromatic carboxylic acids is 1. The first-order valence-electron chi connectivity index (χ1n) is 4.74. The van der Waals surface area contributed by atoms with Crippen molar-refractivity contribution in [2.45, 2.75) is 6.92 Å². The van der Waals surface area contributed by atoms with E-state index < -0.39 is 5.97 Å². The Kier molecular flexibility index (Phi) is 2.92. The summed E-state index contributed by atoms with van der Waals surface area (Å²) in [5.41, 5.74) is 5.66. The Labute approximate surface area is 101 Å². The summed E-state index contributed by atoms with van der Waals surface area (Å²) in [6.07, 6.45) is 3.04. The molecular formula is C10H10N4O2S. The highest BCUT2D eigenvalue weighted by atomic mass is 32.1. The Hall–Kier alpha value is -2.15. The summed E-state index contributed by atoms with van der Waals surface area (Å²) in [5.74, 6) is -0.672. The summed E-state index contributed by atoms with van der Waals surface area (Å²) in [6, 6.07) is 1.38. The molecule has 0 saturated carbocycles. The zero-order chi connectivity index (χ0) is 12.4. The number of carboxylic acid groups (broad SMARTS) is 1. The molecule has 2 heterocycles. The van der Waals surface area contributed by atoms with Crippen molar-refractivity contribution >= 4 is 33.9 Å². The first-order chi connectivity index (χ1) is 8.06. The lowest BCUT2D eigenvalue weighted by Crippen LogP contribution is -2.04. The van der Waals surface area contributed by atoms with Crippen LogP contribution in [0.25, 0.3) is 0 Å². The fourth-order valence-electron chi connectivity index (χ4n) is 1.24. The highest BCUT2D eigenvalue weighted by molar-refractivity contribution is 7.15. The zero-order valence-corrected chi connectivity index (χ0v) is 9.78. The minimum absolute atomic E-state index is 0.0239. The number of anilines is 3. The van der Waals surface area contributed by atoms with Gasteiger partial charge < -0.3 is 16.2 Å². The Morgan fingerprint density at radius 2 is 2.24 bits per heavy atom. The van der Waals surface area contributed by atoms with E-state index in [0.29, 0.717) is 10.9 Å². The SMILES string of the molecule is Cc1cnc(Nc2cc(C(=O)O)c(N)cn2)s1. The fourth-order valence-corrected chi connectivity index (χ4v) is 1.91. The minimum Gasteiger partial charge on any atom is -0.478 e. The lowest BCUT2D eigenvalue weighted by atomic mass is 10.2. The van der Waals surface area contributed by atoms with Crippen molar-refractivity contribution in [3.05, 3.63) is 28.9 Å². The molecule has 0 radical (unpaired) electrons. The van der Waals surface area contributed by atoms with Crippen molar-refractivity contribution in [1.82, 2.24) is 9.97 Å². The number of nitrogen functional groups attached to an aromatic ring is 1. The maximum Gasteiger partial charge on any atom is 0.337 e. The lowest BCUT2D eigenvalue weighted by molar-refractivity contribution is 0.0698. The van der Waals surface area contributed by atoms with E-state index in [1.165, 1.54) is 23.6 Å². The topological polar surface area (TPSA) is 101 Å². The van der Waals surface area contributed by atoms with Gasteiger partial charge in [0.15, 0.2) is 5.13 Å². The molecule has 0 aliphatic rings. The molecule has 0 aliphatic heterocycles. The summed E-state index contributed by atoms with van der Waals surface area (Å²) in [4.78, 5) is 20.0. The molecule has 0 bridgehead atoms. The van der Waals surface area contributed by atoms with Gasteiger partial charge in [-0.15, -0.1) is 11.3 Å². The standard InChI is InChI=1S/C10H10N4O2S/c1-5-3-13-10(17-5)14-8-2-6(9(15)16)7(11)4-12-8/h2-4H,11H2,1H3,(H,15,16)(H,12,13,14). The molecule has 0 aromatic carbocycles. The van der Waals surface area contributed by atoms with Gasteiger partial charge in [-0.05, 0) is 13.0 Å². The summed E-state index contributed by atoms with van der Waals surface area (Å²) in [6.45, 7) is 1.93. The van der Waals surface area contributed by atoms with Gasteiger partial charge in [0.2, 0.25) is 0 Å². The normalized spacial score (nSPS) is 10.2. The monoisotopic (exact) mass is 250 g/mol. The molecule has 0 amide bonds. The van der Waals surface area contributed by atoms with Gasteiger partial charge in [0.1, 0.15) is 5.82 Å². The number of carbonyl (C=O) groups is 1. The third-order valence-electron chi connectivity index (χ3n) is 2.02. The minimum atomic E-state index is -1.08. The van der Waals surface area contributed by atoms with Crippen LogP contribution in [0.2, 0.25) is 0 Å². The van der Waals surface area contributed by atoms with E-state index >= 15 is 0 Å². The average Bonchev–Trinajstić information content (AvgIpc) is 2.66. The van der Waals surface area contributed by atoms with E-state index in [9.17, 15) is 4.79 Å². The van der Waals surface area contributed by atoms with Crippen LogP contribution in [0.4, 0.5) is 16.6 Å². The number of thiazole rings is 1. The molecule has 0 spiro atoms. The number of nitrogens with two attached hydrogens (primary N) is 1. The van der Waals surface area contributed by atoms with Gasteiger partial charge in [0.25, 0.3) is 0 Å². The number of aryl methyl sites for hydroxylation is 1. The Morgan fingerprint density at radius 1 is 1.47 bits per heavy atom. The van der Waals surface area contributed by atoms with Crippen molar-refractivity contribution in [3.63, 3.8) is 0 Å². The first-order valence-corrected chi connectivity index (χ1v) is 5.56. The van der Waals surface area contributed by atoms with Crippen LogP contribution < -0.4 is 11.1 Å². The number of hydrogen-bond acceptors (Lipinski definition) is 6. The van der Waals surface area contributed by atoms with Crippen molar-refractivity contribution < 1.29 is 9.90 Å².